The molecule has 0 bridgehead atoms. The van der Waals surface area contributed by atoms with Gasteiger partial charge in [0.2, 0.25) is 0 Å². The van der Waals surface area contributed by atoms with Gasteiger partial charge in [-0.15, -0.1) is 0 Å². The van der Waals surface area contributed by atoms with E-state index in [1.807, 2.05) is 6.20 Å². The van der Waals surface area contributed by atoms with Crippen LogP contribution in [0, 0.1) is 10.1 Å². The molecule has 0 unspecified atom stereocenters. The zero-order chi connectivity index (χ0) is 10.4. The van der Waals surface area contributed by atoms with Crippen molar-refractivity contribution in [1.82, 2.24) is 4.90 Å². The molecular formula is C9H14N2O2S. The number of nitro groups is 1. The zero-order valence-electron chi connectivity index (χ0n) is 8.18. The van der Waals surface area contributed by atoms with Gasteiger partial charge in [0.25, 0.3) is 0 Å². The van der Waals surface area contributed by atoms with Crippen LogP contribution in [0.5, 0.6) is 0 Å². The first kappa shape index (κ1) is 11.1. The van der Waals surface area contributed by atoms with E-state index in [1.54, 1.807) is 18.4 Å². The van der Waals surface area contributed by atoms with Crippen LogP contribution in [0.4, 0.5) is 0 Å². The second-order valence-corrected chi connectivity index (χ2v) is 3.88. The normalized spacial score (nSPS) is 18.1. The van der Waals surface area contributed by atoms with Crippen LogP contribution in [0.3, 0.4) is 0 Å². The first-order valence-electron chi connectivity index (χ1n) is 4.55. The van der Waals surface area contributed by atoms with Crippen LogP contribution >= 0.6 is 11.8 Å². The molecule has 1 aliphatic heterocycles. The van der Waals surface area contributed by atoms with Crippen LogP contribution < -0.4 is 0 Å². The third-order valence-corrected chi connectivity index (χ3v) is 2.77. The molecule has 0 spiro atoms. The molecule has 78 valence electrons. The van der Waals surface area contributed by atoms with E-state index in [1.165, 1.54) is 12.8 Å². The van der Waals surface area contributed by atoms with Crippen molar-refractivity contribution < 1.29 is 4.92 Å². The molecule has 0 saturated carbocycles. The molecule has 5 heteroatoms. The highest BCUT2D eigenvalue weighted by molar-refractivity contribution is 8.02. The van der Waals surface area contributed by atoms with Crippen molar-refractivity contribution >= 4 is 11.8 Å². The van der Waals surface area contributed by atoms with Gasteiger partial charge < -0.3 is 4.90 Å². The Morgan fingerprint density at radius 3 is 2.64 bits per heavy atom. The number of likely N-dealkylation sites (tertiary alicyclic amines) is 1. The number of hydrogen-bond donors (Lipinski definition) is 0. The van der Waals surface area contributed by atoms with E-state index in [2.05, 4.69) is 4.90 Å². The maximum atomic E-state index is 10.4. The topological polar surface area (TPSA) is 46.4 Å². The van der Waals surface area contributed by atoms with Crippen LogP contribution in [-0.2, 0) is 0 Å². The number of allylic oxidation sites excluding steroid dienone is 2. The van der Waals surface area contributed by atoms with Crippen molar-refractivity contribution in [3.63, 3.8) is 0 Å². The second kappa shape index (κ2) is 5.70. The SMILES string of the molecule is CS/C(=C\C=C\N1CCCC1)[N+](=O)[O-]. The number of nitrogens with zero attached hydrogens (tertiary/aromatic N) is 2. The van der Waals surface area contributed by atoms with Gasteiger partial charge in [0, 0.05) is 19.2 Å². The molecule has 1 rings (SSSR count). The first-order valence-corrected chi connectivity index (χ1v) is 5.77. The van der Waals surface area contributed by atoms with E-state index in [9.17, 15) is 10.1 Å². The smallest absolute Gasteiger partial charge is 0.302 e. The Hall–Kier alpha value is -0.970. The van der Waals surface area contributed by atoms with Gasteiger partial charge >= 0.3 is 5.03 Å². The summed E-state index contributed by atoms with van der Waals surface area (Å²) in [7, 11) is 0. The van der Waals surface area contributed by atoms with E-state index >= 15 is 0 Å². The van der Waals surface area contributed by atoms with E-state index in [-0.39, 0.29) is 9.95 Å². The Balaban J connectivity index is 2.46. The van der Waals surface area contributed by atoms with Gasteiger partial charge in [-0.05, 0) is 31.4 Å². The average molecular weight is 214 g/mol. The summed E-state index contributed by atoms with van der Waals surface area (Å²) in [6, 6.07) is 0. The number of thioether (sulfide) groups is 1. The third kappa shape index (κ3) is 3.41. The summed E-state index contributed by atoms with van der Waals surface area (Å²) in [6.45, 7) is 2.13. The van der Waals surface area contributed by atoms with Gasteiger partial charge in [0.1, 0.15) is 0 Å². The average Bonchev–Trinajstić information content (AvgIpc) is 2.64. The highest BCUT2D eigenvalue weighted by atomic mass is 32.2. The third-order valence-electron chi connectivity index (χ3n) is 2.07. The minimum absolute atomic E-state index is 0.181. The highest BCUT2D eigenvalue weighted by Crippen LogP contribution is 2.12. The fraction of sp³-hybridized carbons (Fsp3) is 0.556. The molecular weight excluding hydrogens is 200 g/mol. The molecule has 0 radical (unpaired) electrons. The summed E-state index contributed by atoms with van der Waals surface area (Å²) in [5.74, 6) is 0. The molecule has 1 aliphatic rings. The molecule has 4 nitrogen and oxygen atoms in total. The molecule has 0 aromatic rings. The Labute approximate surface area is 87.8 Å². The lowest BCUT2D eigenvalue weighted by Crippen LogP contribution is -2.09. The zero-order valence-corrected chi connectivity index (χ0v) is 9.00. The Bertz CT molecular complexity index is 258. The van der Waals surface area contributed by atoms with Gasteiger partial charge in [-0.3, -0.25) is 10.1 Å². The molecule has 0 atom stereocenters. The van der Waals surface area contributed by atoms with Crippen LogP contribution in [0.2, 0.25) is 0 Å². The Kier molecular flexibility index (Phi) is 4.52. The summed E-state index contributed by atoms with van der Waals surface area (Å²) in [5.41, 5.74) is 0. The largest absolute Gasteiger partial charge is 0.377 e. The molecule has 0 N–H and O–H groups in total. The summed E-state index contributed by atoms with van der Waals surface area (Å²) in [5, 5.41) is 10.6. The van der Waals surface area contributed by atoms with Crippen molar-refractivity contribution in [1.29, 1.82) is 0 Å². The number of hydrogen-bond acceptors (Lipinski definition) is 4. The van der Waals surface area contributed by atoms with Gasteiger partial charge in [0.05, 0.1) is 4.92 Å². The van der Waals surface area contributed by atoms with Crippen LogP contribution in [-0.4, -0.2) is 29.2 Å². The molecule has 14 heavy (non-hydrogen) atoms. The van der Waals surface area contributed by atoms with Crippen molar-refractivity contribution in [2.24, 2.45) is 0 Å². The maximum absolute atomic E-state index is 10.4. The van der Waals surface area contributed by atoms with Crippen LogP contribution in [0.25, 0.3) is 0 Å². The fourth-order valence-electron chi connectivity index (χ4n) is 1.34. The summed E-state index contributed by atoms with van der Waals surface area (Å²) >= 11 is 1.15. The van der Waals surface area contributed by atoms with Gasteiger partial charge in [-0.2, -0.15) is 0 Å². The highest BCUT2D eigenvalue weighted by Gasteiger charge is 2.07. The lowest BCUT2D eigenvalue weighted by atomic mass is 10.4. The quantitative estimate of drug-likeness (QED) is 0.408. The van der Waals surface area contributed by atoms with Crippen LogP contribution in [0.15, 0.2) is 23.4 Å². The predicted molar refractivity (Wildman–Crippen MR) is 58.5 cm³/mol. The van der Waals surface area contributed by atoms with Gasteiger partial charge in [-0.1, -0.05) is 11.8 Å². The molecule has 1 heterocycles. The van der Waals surface area contributed by atoms with Gasteiger partial charge in [-0.25, -0.2) is 0 Å². The van der Waals surface area contributed by atoms with E-state index in [0.717, 1.165) is 24.9 Å². The predicted octanol–water partition coefficient (Wildman–Crippen LogP) is 2.08. The van der Waals surface area contributed by atoms with Crippen molar-refractivity contribution in [2.45, 2.75) is 12.8 Å². The lowest BCUT2D eigenvalue weighted by molar-refractivity contribution is -0.410. The van der Waals surface area contributed by atoms with Crippen molar-refractivity contribution in [2.75, 3.05) is 19.3 Å². The molecule has 0 aliphatic carbocycles. The molecule has 0 aromatic heterocycles. The van der Waals surface area contributed by atoms with Crippen LogP contribution in [0.1, 0.15) is 12.8 Å². The molecule has 0 aromatic carbocycles. The summed E-state index contributed by atoms with van der Waals surface area (Å²) < 4.78 is 0. The van der Waals surface area contributed by atoms with E-state index < -0.39 is 0 Å². The second-order valence-electron chi connectivity index (χ2n) is 3.05. The van der Waals surface area contributed by atoms with Crippen molar-refractivity contribution in [3.05, 3.63) is 33.5 Å². The fourth-order valence-corrected chi connectivity index (χ4v) is 1.70. The summed E-state index contributed by atoms with van der Waals surface area (Å²) in [6.07, 6.45) is 9.37. The Morgan fingerprint density at radius 2 is 2.14 bits per heavy atom. The standard InChI is InChI=1S/C9H14N2O2S/c1-14-9(11(12)13)5-4-8-10-6-2-3-7-10/h4-5,8H,2-3,6-7H2,1H3/b8-4+,9-5-. The minimum Gasteiger partial charge on any atom is -0.377 e. The Morgan fingerprint density at radius 1 is 1.50 bits per heavy atom. The van der Waals surface area contributed by atoms with E-state index in [0.29, 0.717) is 0 Å². The molecule has 0 amide bonds. The van der Waals surface area contributed by atoms with Crippen molar-refractivity contribution in [3.8, 4) is 0 Å². The van der Waals surface area contributed by atoms with Gasteiger partial charge in [0.15, 0.2) is 0 Å². The minimum atomic E-state index is -0.362. The lowest BCUT2D eigenvalue weighted by Gasteiger charge is -2.08. The number of rotatable bonds is 4. The first-order chi connectivity index (χ1) is 6.74. The maximum Gasteiger partial charge on any atom is 0.302 e. The van der Waals surface area contributed by atoms with E-state index in [4.69, 9.17) is 0 Å². The molecule has 1 fully saturated rings. The molecule has 1 saturated heterocycles. The monoisotopic (exact) mass is 214 g/mol. The summed E-state index contributed by atoms with van der Waals surface area (Å²) in [4.78, 5) is 12.2.